The Morgan fingerprint density at radius 1 is 1.10 bits per heavy atom. The van der Waals surface area contributed by atoms with Gasteiger partial charge in [0.2, 0.25) is 0 Å². The van der Waals surface area contributed by atoms with E-state index in [2.05, 4.69) is 5.32 Å². The van der Waals surface area contributed by atoms with Crippen LogP contribution in [0.1, 0.15) is 37.7 Å². The quantitative estimate of drug-likeness (QED) is 0.865. The molecule has 1 aliphatic heterocycles. The van der Waals surface area contributed by atoms with E-state index in [1.165, 1.54) is 25.0 Å². The number of nitrogens with one attached hydrogen (secondary N) is 1. The average molecular weight is 294 g/mol. The number of nitrogens with zero attached hydrogens (tertiary/aromatic N) is 1. The number of hydrogen-bond donors (Lipinski definition) is 1. The predicted octanol–water partition coefficient (Wildman–Crippen LogP) is 3.38. The van der Waals surface area contributed by atoms with Crippen LogP contribution in [0.2, 0.25) is 0 Å². The fourth-order valence-electron chi connectivity index (χ4n) is 3.12. The lowest BCUT2D eigenvalue weighted by Gasteiger charge is -2.38. The molecule has 2 nitrogen and oxygen atoms in total. The molecule has 1 aromatic rings. The van der Waals surface area contributed by atoms with Crippen LogP contribution in [0.5, 0.6) is 0 Å². The molecule has 116 valence electrons. The molecule has 21 heavy (non-hydrogen) atoms. The lowest BCUT2D eigenvalue weighted by Crippen LogP contribution is -2.49. The van der Waals surface area contributed by atoms with Gasteiger partial charge in [0, 0.05) is 24.2 Å². The molecule has 2 fully saturated rings. The smallest absolute Gasteiger partial charge is 0.285 e. The second-order valence-corrected chi connectivity index (χ2v) is 6.37. The molecule has 1 saturated heterocycles. The fraction of sp³-hybridized carbons (Fsp3) is 0.647. The zero-order valence-corrected chi connectivity index (χ0v) is 12.4. The normalized spacial score (nSPS) is 24.2. The van der Waals surface area contributed by atoms with Crippen LogP contribution in [0.3, 0.4) is 0 Å². The topological polar surface area (TPSA) is 15.3 Å². The van der Waals surface area contributed by atoms with Crippen LogP contribution < -0.4 is 5.32 Å². The number of piperidine rings is 1. The van der Waals surface area contributed by atoms with Crippen LogP contribution in [-0.2, 0) is 5.92 Å². The highest BCUT2D eigenvalue weighted by molar-refractivity contribution is 5.20. The highest BCUT2D eigenvalue weighted by atomic mass is 19.3. The molecule has 1 N–H and O–H groups in total. The summed E-state index contributed by atoms with van der Waals surface area (Å²) in [6, 6.07) is 9.11. The molecule has 0 amide bonds. The molecule has 1 saturated carbocycles. The van der Waals surface area contributed by atoms with E-state index in [9.17, 15) is 8.78 Å². The molecule has 1 heterocycles. The minimum absolute atomic E-state index is 0.129. The first kappa shape index (κ1) is 14.9. The Kier molecular flexibility index (Phi) is 4.55. The van der Waals surface area contributed by atoms with Gasteiger partial charge in [-0.05, 0) is 32.2 Å². The van der Waals surface area contributed by atoms with Gasteiger partial charge in [-0.25, -0.2) is 0 Å². The van der Waals surface area contributed by atoms with Crippen molar-refractivity contribution in [3.05, 3.63) is 35.9 Å². The molecule has 0 spiro atoms. The van der Waals surface area contributed by atoms with Crippen molar-refractivity contribution in [1.82, 2.24) is 10.2 Å². The lowest BCUT2D eigenvalue weighted by molar-refractivity contribution is -0.0540. The summed E-state index contributed by atoms with van der Waals surface area (Å²) >= 11 is 0. The van der Waals surface area contributed by atoms with Crippen molar-refractivity contribution in [3.63, 3.8) is 0 Å². The van der Waals surface area contributed by atoms with Crippen molar-refractivity contribution < 1.29 is 8.78 Å². The molecule has 0 aromatic heterocycles. The van der Waals surface area contributed by atoms with Crippen LogP contribution in [0.4, 0.5) is 8.78 Å². The molecule has 1 aromatic carbocycles. The van der Waals surface area contributed by atoms with Crippen LogP contribution in [0.15, 0.2) is 30.3 Å². The standard InChI is InChI=1S/C17H24F2N2/c18-17(19,14-6-2-1-3-7-14)13-21-11-5-4-8-16(21)12-20-15-9-10-15/h1-3,6-7,15-16,20H,4-5,8-13H2. The van der Waals surface area contributed by atoms with Crippen molar-refractivity contribution >= 4 is 0 Å². The van der Waals surface area contributed by atoms with E-state index >= 15 is 0 Å². The third kappa shape index (κ3) is 4.01. The zero-order chi connectivity index (χ0) is 14.7. The van der Waals surface area contributed by atoms with Gasteiger partial charge in [-0.2, -0.15) is 8.78 Å². The van der Waals surface area contributed by atoms with Crippen molar-refractivity contribution in [2.45, 2.75) is 50.1 Å². The summed E-state index contributed by atoms with van der Waals surface area (Å²) in [6.07, 6.45) is 5.71. The first-order valence-corrected chi connectivity index (χ1v) is 8.06. The summed E-state index contributed by atoms with van der Waals surface area (Å²) < 4.78 is 28.9. The number of likely N-dealkylation sites (tertiary alicyclic amines) is 1. The zero-order valence-electron chi connectivity index (χ0n) is 12.4. The molecular formula is C17H24F2N2. The molecule has 4 heteroatoms. The predicted molar refractivity (Wildman–Crippen MR) is 80.6 cm³/mol. The largest absolute Gasteiger partial charge is 0.312 e. The number of rotatable bonds is 6. The SMILES string of the molecule is FC(F)(CN1CCCCC1CNC1CC1)c1ccccc1. The molecule has 0 radical (unpaired) electrons. The van der Waals surface area contributed by atoms with E-state index < -0.39 is 5.92 Å². The van der Waals surface area contributed by atoms with Gasteiger partial charge < -0.3 is 5.32 Å². The van der Waals surface area contributed by atoms with Crippen LogP contribution in [0.25, 0.3) is 0 Å². The van der Waals surface area contributed by atoms with Crippen LogP contribution >= 0.6 is 0 Å². The van der Waals surface area contributed by atoms with Crippen molar-refractivity contribution in [2.24, 2.45) is 0 Å². The van der Waals surface area contributed by atoms with E-state index in [1.807, 2.05) is 4.90 Å². The number of alkyl halides is 2. The maximum atomic E-state index is 14.5. The Balaban J connectivity index is 1.62. The number of hydrogen-bond acceptors (Lipinski definition) is 2. The summed E-state index contributed by atoms with van der Waals surface area (Å²) in [5, 5.41) is 3.50. The first-order chi connectivity index (χ1) is 10.1. The monoisotopic (exact) mass is 294 g/mol. The van der Waals surface area contributed by atoms with Gasteiger partial charge in [0.1, 0.15) is 0 Å². The van der Waals surface area contributed by atoms with E-state index in [0.717, 1.165) is 32.4 Å². The van der Waals surface area contributed by atoms with E-state index in [1.54, 1.807) is 18.2 Å². The third-order valence-electron chi connectivity index (χ3n) is 4.57. The summed E-state index contributed by atoms with van der Waals surface area (Å²) in [6.45, 7) is 1.49. The highest BCUT2D eigenvalue weighted by Crippen LogP contribution is 2.31. The highest BCUT2D eigenvalue weighted by Gasteiger charge is 2.37. The Morgan fingerprint density at radius 2 is 1.86 bits per heavy atom. The Morgan fingerprint density at radius 3 is 2.57 bits per heavy atom. The maximum Gasteiger partial charge on any atom is 0.285 e. The summed E-state index contributed by atoms with van der Waals surface area (Å²) in [4.78, 5) is 1.99. The Labute approximate surface area is 125 Å². The molecular weight excluding hydrogens is 270 g/mol. The fourth-order valence-corrected chi connectivity index (χ4v) is 3.12. The summed E-state index contributed by atoms with van der Waals surface area (Å²) in [7, 11) is 0. The van der Waals surface area contributed by atoms with Gasteiger partial charge in [-0.15, -0.1) is 0 Å². The second kappa shape index (κ2) is 6.41. The van der Waals surface area contributed by atoms with Crippen molar-refractivity contribution in [1.29, 1.82) is 0 Å². The van der Waals surface area contributed by atoms with E-state index in [0.29, 0.717) is 6.04 Å². The Hall–Kier alpha value is -1.00. The molecule has 1 unspecified atom stereocenters. The van der Waals surface area contributed by atoms with Gasteiger partial charge in [0.15, 0.2) is 0 Å². The first-order valence-electron chi connectivity index (χ1n) is 8.06. The van der Waals surface area contributed by atoms with Gasteiger partial charge in [0.05, 0.1) is 6.54 Å². The summed E-state index contributed by atoms with van der Waals surface area (Å²) in [5.41, 5.74) is 0.129. The van der Waals surface area contributed by atoms with Crippen LogP contribution in [-0.4, -0.2) is 36.6 Å². The summed E-state index contributed by atoms with van der Waals surface area (Å²) in [5.74, 6) is -2.77. The molecule has 0 bridgehead atoms. The van der Waals surface area contributed by atoms with Gasteiger partial charge >= 0.3 is 0 Å². The lowest BCUT2D eigenvalue weighted by atomic mass is 10.00. The maximum absolute atomic E-state index is 14.5. The van der Waals surface area contributed by atoms with Gasteiger partial charge in [-0.1, -0.05) is 36.8 Å². The van der Waals surface area contributed by atoms with Crippen molar-refractivity contribution in [3.8, 4) is 0 Å². The van der Waals surface area contributed by atoms with Gasteiger partial charge in [-0.3, -0.25) is 4.90 Å². The van der Waals surface area contributed by atoms with E-state index in [-0.39, 0.29) is 18.2 Å². The van der Waals surface area contributed by atoms with Crippen molar-refractivity contribution in [2.75, 3.05) is 19.6 Å². The number of benzene rings is 1. The second-order valence-electron chi connectivity index (χ2n) is 6.37. The average Bonchev–Trinajstić information content (AvgIpc) is 3.31. The van der Waals surface area contributed by atoms with Crippen LogP contribution in [0, 0.1) is 0 Å². The van der Waals surface area contributed by atoms with Gasteiger partial charge in [0.25, 0.3) is 5.92 Å². The minimum Gasteiger partial charge on any atom is -0.312 e. The molecule has 1 atom stereocenters. The third-order valence-corrected chi connectivity index (χ3v) is 4.57. The molecule has 3 rings (SSSR count). The molecule has 1 aliphatic carbocycles. The molecule has 2 aliphatic rings. The minimum atomic E-state index is -2.77. The Bertz CT molecular complexity index is 445. The van der Waals surface area contributed by atoms with E-state index in [4.69, 9.17) is 0 Å². The number of halogens is 2.